The summed E-state index contributed by atoms with van der Waals surface area (Å²) in [5, 5.41) is 16.5. The molecule has 150 valence electrons. The Morgan fingerprint density at radius 3 is 1.12 bits per heavy atom. The molecule has 0 aromatic carbocycles. The molecule has 1 aliphatic rings. The van der Waals surface area contributed by atoms with E-state index in [9.17, 15) is 9.59 Å². The Kier molecular flexibility index (Phi) is 15.2. The van der Waals surface area contributed by atoms with Gasteiger partial charge in [-0.15, -0.1) is 6.92 Å². The maximum absolute atomic E-state index is 10.0. The monoisotopic (exact) mass is 422 g/mol. The van der Waals surface area contributed by atoms with E-state index >= 15 is 0 Å². The molecule has 0 bridgehead atoms. The summed E-state index contributed by atoms with van der Waals surface area (Å²) < 4.78 is 0. The van der Waals surface area contributed by atoms with Gasteiger partial charge in [0.25, 0.3) is 0 Å². The number of carboxylic acids is 2. The molecule has 0 fully saturated rings. The Balaban J connectivity index is -0.000000138. The summed E-state index contributed by atoms with van der Waals surface area (Å²) in [5.74, 6) is -1.51. The van der Waals surface area contributed by atoms with E-state index in [4.69, 9.17) is 10.2 Å². The number of carboxylic acid groups (broad SMARTS) is 2. The Hall–Kier alpha value is -0.576. The van der Waals surface area contributed by atoms with Gasteiger partial charge in [0.1, 0.15) is 0 Å². The van der Waals surface area contributed by atoms with Crippen molar-refractivity contribution in [3.05, 3.63) is 22.8 Å². The van der Waals surface area contributed by atoms with Crippen LogP contribution in [0.5, 0.6) is 0 Å². The van der Waals surface area contributed by atoms with Crippen LogP contribution in [0.3, 0.4) is 0 Å². The summed E-state index contributed by atoms with van der Waals surface area (Å²) >= 11 is 0. The van der Waals surface area contributed by atoms with E-state index in [0.717, 1.165) is 0 Å². The number of hydrogen-bond donors (Lipinski definition) is 2. The molecular formula is C20H35ClO4Ti. The van der Waals surface area contributed by atoms with Crippen LogP contribution in [0.2, 0.25) is 0 Å². The zero-order chi connectivity index (χ0) is 20.1. The normalized spacial score (nSPS) is 15.1. The molecule has 0 unspecified atom stereocenters. The minimum absolute atomic E-state index is 0. The Morgan fingerprint density at radius 2 is 1.08 bits per heavy atom. The van der Waals surface area contributed by atoms with Gasteiger partial charge in [0.15, 0.2) is 0 Å². The standard InChI is InChI=1S/C10H15.2C5H10O2.ClH.Ti/c1-7-6-10(4,5)9(3)8(7)2;2*1-5(2,3)4(6)7;;/h1-5H3;2*1-3H3,(H,6,7);1H;/q-1;;;;+2/p-1. The van der Waals surface area contributed by atoms with Crippen LogP contribution in [0, 0.1) is 22.3 Å². The van der Waals surface area contributed by atoms with Gasteiger partial charge in [-0.05, 0) is 41.5 Å². The summed E-state index contributed by atoms with van der Waals surface area (Å²) in [7, 11) is 0. The van der Waals surface area contributed by atoms with E-state index in [1.807, 2.05) is 0 Å². The summed E-state index contributed by atoms with van der Waals surface area (Å²) in [5.41, 5.74) is 3.23. The number of hydrogen-bond acceptors (Lipinski definition) is 2. The molecule has 0 radical (unpaired) electrons. The molecule has 2 N–H and O–H groups in total. The summed E-state index contributed by atoms with van der Waals surface area (Å²) in [6.07, 6.45) is 3.44. The average Bonchev–Trinajstić information content (AvgIpc) is 2.51. The molecule has 0 heterocycles. The average molecular weight is 423 g/mol. The molecule has 0 aliphatic heterocycles. The minimum atomic E-state index is -0.757. The van der Waals surface area contributed by atoms with Crippen LogP contribution in [0.4, 0.5) is 0 Å². The second kappa shape index (κ2) is 12.0. The largest absolute Gasteiger partial charge is 2.00 e. The SMILES string of the molecule is CC(C)(C)C(=O)O.CC(C)(C)C(=O)O.CC1=[C-]C(C)(C)C(C)=C1C.[Cl-].[Ti+2]. The summed E-state index contributed by atoms with van der Waals surface area (Å²) in [6, 6.07) is 0. The second-order valence-electron chi connectivity index (χ2n) is 8.74. The fourth-order valence-electron chi connectivity index (χ4n) is 1.41. The van der Waals surface area contributed by atoms with Crippen molar-refractivity contribution < 1.29 is 53.9 Å². The van der Waals surface area contributed by atoms with Gasteiger partial charge in [0, 0.05) is 0 Å². The third-order valence-electron chi connectivity index (χ3n) is 3.85. The van der Waals surface area contributed by atoms with Crippen LogP contribution in [0.15, 0.2) is 16.7 Å². The maximum atomic E-state index is 10.0. The molecular weight excluding hydrogens is 388 g/mol. The first-order chi connectivity index (χ1) is 10.3. The van der Waals surface area contributed by atoms with E-state index in [1.54, 1.807) is 41.5 Å². The predicted molar refractivity (Wildman–Crippen MR) is 98.8 cm³/mol. The smallest absolute Gasteiger partial charge is 1.00 e. The molecule has 26 heavy (non-hydrogen) atoms. The third kappa shape index (κ3) is 12.7. The molecule has 4 nitrogen and oxygen atoms in total. The van der Waals surface area contributed by atoms with Crippen molar-refractivity contribution in [3.8, 4) is 0 Å². The van der Waals surface area contributed by atoms with Gasteiger partial charge in [-0.25, -0.2) is 5.57 Å². The van der Waals surface area contributed by atoms with E-state index in [0.29, 0.717) is 0 Å². The van der Waals surface area contributed by atoms with Crippen LogP contribution in [-0.2, 0) is 31.3 Å². The van der Waals surface area contributed by atoms with E-state index < -0.39 is 22.8 Å². The molecule has 1 rings (SSSR count). The first-order valence-corrected chi connectivity index (χ1v) is 8.11. The van der Waals surface area contributed by atoms with Crippen LogP contribution < -0.4 is 12.4 Å². The van der Waals surface area contributed by atoms with Crippen molar-refractivity contribution in [2.75, 3.05) is 0 Å². The number of rotatable bonds is 0. The Labute approximate surface area is 180 Å². The zero-order valence-corrected chi connectivity index (χ0v) is 20.4. The molecule has 0 amide bonds. The van der Waals surface area contributed by atoms with Gasteiger partial charge in [-0.2, -0.15) is 11.1 Å². The van der Waals surface area contributed by atoms with Crippen molar-refractivity contribution in [2.45, 2.75) is 76.2 Å². The number of halogens is 1. The van der Waals surface area contributed by atoms with Gasteiger partial charge in [-0.3, -0.25) is 15.7 Å². The quantitative estimate of drug-likeness (QED) is 0.464. The van der Waals surface area contributed by atoms with Gasteiger partial charge in [0.05, 0.1) is 10.8 Å². The van der Waals surface area contributed by atoms with E-state index in [2.05, 4.69) is 40.7 Å². The molecule has 6 heteroatoms. The predicted octanol–water partition coefficient (Wildman–Crippen LogP) is 2.35. The van der Waals surface area contributed by atoms with Gasteiger partial charge < -0.3 is 22.6 Å². The number of aliphatic carboxylic acids is 2. The van der Waals surface area contributed by atoms with Crippen LogP contribution in [-0.4, -0.2) is 22.2 Å². The Bertz CT molecular complexity index is 509. The van der Waals surface area contributed by atoms with Gasteiger partial charge in [0.2, 0.25) is 0 Å². The zero-order valence-electron chi connectivity index (χ0n) is 18.1. The maximum Gasteiger partial charge on any atom is 2.00 e. The minimum Gasteiger partial charge on any atom is -1.00 e. The van der Waals surface area contributed by atoms with Crippen LogP contribution >= 0.6 is 0 Å². The van der Waals surface area contributed by atoms with Gasteiger partial charge >= 0.3 is 33.7 Å². The molecule has 0 saturated carbocycles. The van der Waals surface area contributed by atoms with E-state index in [1.165, 1.54) is 16.7 Å². The van der Waals surface area contributed by atoms with Crippen LogP contribution in [0.25, 0.3) is 0 Å². The fourth-order valence-corrected chi connectivity index (χ4v) is 1.41. The molecule has 0 spiro atoms. The Morgan fingerprint density at radius 1 is 0.846 bits per heavy atom. The first-order valence-electron chi connectivity index (χ1n) is 8.11. The van der Waals surface area contributed by atoms with Crippen molar-refractivity contribution in [1.82, 2.24) is 0 Å². The van der Waals surface area contributed by atoms with Crippen molar-refractivity contribution in [2.24, 2.45) is 16.2 Å². The van der Waals surface area contributed by atoms with E-state index in [-0.39, 0.29) is 39.5 Å². The molecule has 0 aromatic heterocycles. The fraction of sp³-hybridized carbons (Fsp3) is 0.700. The molecule has 0 atom stereocenters. The first kappa shape index (κ1) is 33.0. The number of allylic oxidation sites excluding steroid dienone is 4. The van der Waals surface area contributed by atoms with Crippen molar-refractivity contribution in [3.63, 3.8) is 0 Å². The number of carbonyl (C=O) groups is 2. The summed E-state index contributed by atoms with van der Waals surface area (Å²) in [6.45, 7) is 20.9. The molecule has 0 aromatic rings. The molecule has 0 saturated heterocycles. The third-order valence-corrected chi connectivity index (χ3v) is 3.85. The second-order valence-corrected chi connectivity index (χ2v) is 8.74. The van der Waals surface area contributed by atoms with Crippen LogP contribution in [0.1, 0.15) is 76.2 Å². The topological polar surface area (TPSA) is 74.6 Å². The van der Waals surface area contributed by atoms with Crippen molar-refractivity contribution in [1.29, 1.82) is 0 Å². The molecule has 1 aliphatic carbocycles. The summed E-state index contributed by atoms with van der Waals surface area (Å²) in [4.78, 5) is 20.0. The van der Waals surface area contributed by atoms with Crippen molar-refractivity contribution >= 4 is 11.9 Å². The van der Waals surface area contributed by atoms with Gasteiger partial charge in [-0.1, -0.05) is 33.1 Å².